The maximum atomic E-state index is 13.0. The van der Waals surface area contributed by atoms with Gasteiger partial charge in [-0.25, -0.2) is 0 Å². The first-order chi connectivity index (χ1) is 11.7. The second-order valence-corrected chi connectivity index (χ2v) is 4.87. The number of hydrogen-bond acceptors (Lipinski definition) is 0. The normalized spacial score (nSPS) is 16.8. The Hall–Kier alpha value is -1.52. The summed E-state index contributed by atoms with van der Waals surface area (Å²) in [6.45, 7) is 0. The van der Waals surface area contributed by atoms with E-state index >= 15 is 0 Å². The van der Waals surface area contributed by atoms with Gasteiger partial charge in [0.25, 0.3) is 0 Å². The average molecular weight is 464 g/mol. The van der Waals surface area contributed by atoms with Gasteiger partial charge in [-0.05, 0) is 12.2 Å². The molecule has 0 aromatic rings. The van der Waals surface area contributed by atoms with Gasteiger partial charge in [-0.1, -0.05) is 0 Å². The van der Waals surface area contributed by atoms with Crippen molar-refractivity contribution < 1.29 is 79.0 Å². The van der Waals surface area contributed by atoms with Crippen molar-refractivity contribution >= 4 is 0 Å². The molecule has 0 aliphatic rings. The Balaban J connectivity index is 6.23. The monoisotopic (exact) mass is 464 g/mol. The molecule has 0 radical (unpaired) electrons. The van der Waals surface area contributed by atoms with E-state index in [0.717, 1.165) is 0 Å². The Morgan fingerprint density at radius 1 is 0.286 bits per heavy atom. The summed E-state index contributed by atoms with van der Waals surface area (Å²) < 4.78 is 223. The van der Waals surface area contributed by atoms with E-state index in [9.17, 15) is 79.0 Å². The van der Waals surface area contributed by atoms with Gasteiger partial charge in [-0.3, -0.25) is 0 Å². The number of allylic oxidation sites excluding steroid dienone is 2. The second kappa shape index (κ2) is 6.50. The third kappa shape index (κ3) is 3.81. The molecule has 0 amide bonds. The predicted octanol–water partition coefficient (Wildman–Crippen LogP) is 6.48. The molecule has 0 aliphatic carbocycles. The molecule has 0 nitrogen and oxygen atoms in total. The van der Waals surface area contributed by atoms with Gasteiger partial charge in [-0.15, -0.1) is 0 Å². The lowest BCUT2D eigenvalue weighted by Gasteiger charge is -2.36. The van der Waals surface area contributed by atoms with E-state index in [4.69, 9.17) is 0 Å². The fourth-order valence-corrected chi connectivity index (χ4v) is 1.19. The highest BCUT2D eigenvalue weighted by molar-refractivity contribution is 5.16. The van der Waals surface area contributed by atoms with Crippen LogP contribution in [0.3, 0.4) is 0 Å². The maximum absolute atomic E-state index is 13.0. The molecule has 0 fully saturated rings. The smallest absolute Gasteiger partial charge is 0.195 e. The Kier molecular flexibility index (Phi) is 6.14. The highest BCUT2D eigenvalue weighted by Gasteiger charge is 2.86. The minimum absolute atomic E-state index is 2.38. The molecule has 0 saturated carbocycles. The van der Waals surface area contributed by atoms with Crippen LogP contribution in [0.25, 0.3) is 0 Å². The first kappa shape index (κ1) is 26.5. The zero-order valence-corrected chi connectivity index (χ0v) is 12.0. The lowest BCUT2D eigenvalue weighted by atomic mass is 9.97. The van der Waals surface area contributed by atoms with Gasteiger partial charge in [0.2, 0.25) is 0 Å². The molecule has 0 rings (SSSR count). The molecule has 0 saturated heterocycles. The van der Waals surface area contributed by atoms with Crippen molar-refractivity contribution in [2.75, 3.05) is 0 Å². The molecule has 0 aromatic carbocycles. The van der Waals surface area contributed by atoms with E-state index in [1.54, 1.807) is 0 Å². The lowest BCUT2D eigenvalue weighted by Crippen LogP contribution is -2.66. The van der Waals surface area contributed by atoms with Gasteiger partial charge in [-0.2, -0.15) is 79.0 Å². The summed E-state index contributed by atoms with van der Waals surface area (Å²) >= 11 is 0. The molecule has 0 unspecified atom stereocenters. The van der Waals surface area contributed by atoms with Crippen molar-refractivity contribution in [3.05, 3.63) is 12.2 Å². The van der Waals surface area contributed by atoms with Crippen molar-refractivity contribution in [3.63, 3.8) is 0 Å². The van der Waals surface area contributed by atoms with Crippen molar-refractivity contribution in [2.45, 2.75) is 47.9 Å². The minimum atomic E-state index is -8.05. The third-order valence-electron chi connectivity index (χ3n) is 2.84. The fourth-order valence-electron chi connectivity index (χ4n) is 1.19. The van der Waals surface area contributed by atoms with Crippen molar-refractivity contribution in [2.24, 2.45) is 0 Å². The fraction of sp³-hybridized carbons (Fsp3) is 0.800. The van der Waals surface area contributed by atoms with Crippen molar-refractivity contribution in [3.8, 4) is 0 Å². The van der Waals surface area contributed by atoms with Gasteiger partial charge in [0.1, 0.15) is 0 Å². The maximum Gasteiger partial charge on any atom is 0.460 e. The van der Waals surface area contributed by atoms with Crippen LogP contribution >= 0.6 is 0 Å². The first-order valence-corrected chi connectivity index (χ1v) is 5.81. The molecule has 0 heterocycles. The van der Waals surface area contributed by atoms with Crippen LogP contribution in [0.5, 0.6) is 0 Å². The van der Waals surface area contributed by atoms with E-state index < -0.39 is 60.0 Å². The summed E-state index contributed by atoms with van der Waals surface area (Å²) in [7, 11) is 0. The van der Waals surface area contributed by atoms with Gasteiger partial charge < -0.3 is 0 Å². The molecular weight excluding hydrogens is 462 g/mol. The molecule has 0 N–H and O–H groups in total. The number of halogens is 18. The van der Waals surface area contributed by atoms with Crippen LogP contribution in [-0.4, -0.2) is 47.9 Å². The molecule has 0 atom stereocenters. The Morgan fingerprint density at radius 3 is 0.786 bits per heavy atom. The summed E-state index contributed by atoms with van der Waals surface area (Å²) in [6.07, 6.45) is -19.6. The first-order valence-electron chi connectivity index (χ1n) is 5.81. The second-order valence-electron chi connectivity index (χ2n) is 4.87. The summed E-state index contributed by atoms with van der Waals surface area (Å²) in [6, 6.07) is 0. The third-order valence-corrected chi connectivity index (χ3v) is 2.84. The van der Waals surface area contributed by atoms with Crippen molar-refractivity contribution in [1.29, 1.82) is 0 Å². The largest absolute Gasteiger partial charge is 0.460 e. The summed E-state index contributed by atoms with van der Waals surface area (Å²) in [5, 5.41) is 0. The number of alkyl halides is 18. The summed E-state index contributed by atoms with van der Waals surface area (Å²) in [5.74, 6) is -45.0. The van der Waals surface area contributed by atoms with Crippen LogP contribution < -0.4 is 0 Å². The Bertz CT molecular complexity index is 586. The topological polar surface area (TPSA) is 0 Å². The van der Waals surface area contributed by atoms with Gasteiger partial charge in [0.05, 0.1) is 0 Å². The zero-order chi connectivity index (χ0) is 23.4. The van der Waals surface area contributed by atoms with Gasteiger partial charge in [0.15, 0.2) is 0 Å². The molecule has 0 bridgehead atoms. The van der Waals surface area contributed by atoms with Crippen LogP contribution in [0.15, 0.2) is 12.2 Å². The van der Waals surface area contributed by atoms with Crippen molar-refractivity contribution in [1.82, 2.24) is 0 Å². The number of hydrogen-bond donors (Lipinski definition) is 0. The molecule has 0 aromatic heterocycles. The van der Waals surface area contributed by atoms with E-state index in [1.165, 1.54) is 0 Å². The van der Waals surface area contributed by atoms with Crippen LogP contribution in [-0.2, 0) is 0 Å². The van der Waals surface area contributed by atoms with E-state index in [-0.39, 0.29) is 0 Å². The van der Waals surface area contributed by atoms with Gasteiger partial charge in [0, 0.05) is 0 Å². The highest BCUT2D eigenvalue weighted by Crippen LogP contribution is 2.58. The molecule has 28 heavy (non-hydrogen) atoms. The number of rotatable bonds is 6. The Labute approximate surface area is 140 Å². The molecule has 0 spiro atoms. The van der Waals surface area contributed by atoms with E-state index in [2.05, 4.69) is 0 Å². The van der Waals surface area contributed by atoms with Crippen LogP contribution in [0, 0.1) is 0 Å². The molecule has 18 heteroatoms. The molecule has 0 aliphatic heterocycles. The van der Waals surface area contributed by atoms with E-state index in [0.29, 0.717) is 0 Å². The van der Waals surface area contributed by atoms with Crippen LogP contribution in [0.2, 0.25) is 0 Å². The predicted molar refractivity (Wildman–Crippen MR) is 50.9 cm³/mol. The quantitative estimate of drug-likeness (QED) is 0.312. The standard InChI is InChI=1S/C10H2F18/c11-3(12,1-2-4(13,14)6(17,18)9(23,24)25)5(15,16)7(19,20)8(21,22)10(26,27)28/h1-2H. The summed E-state index contributed by atoms with van der Waals surface area (Å²) in [4.78, 5) is 0. The summed E-state index contributed by atoms with van der Waals surface area (Å²) in [5.41, 5.74) is 0. The highest BCUT2D eigenvalue weighted by atomic mass is 19.4. The van der Waals surface area contributed by atoms with Crippen LogP contribution in [0.4, 0.5) is 79.0 Å². The molecular formula is C10H2F18. The van der Waals surface area contributed by atoms with Crippen LogP contribution in [0.1, 0.15) is 0 Å². The molecule has 168 valence electrons. The van der Waals surface area contributed by atoms with E-state index in [1.807, 2.05) is 0 Å². The SMILES string of the molecule is FC(F)(F)C(F)(F)C(F)(F)C=CC(F)(F)C(F)(F)C(F)(F)C(F)(F)C(F)(F)F. The lowest BCUT2D eigenvalue weighted by molar-refractivity contribution is -0.417. The zero-order valence-electron chi connectivity index (χ0n) is 12.0. The van der Waals surface area contributed by atoms with Gasteiger partial charge >= 0.3 is 47.9 Å². The Morgan fingerprint density at radius 2 is 0.536 bits per heavy atom. The average Bonchev–Trinajstić information content (AvgIpc) is 2.42. The minimum Gasteiger partial charge on any atom is -0.195 e.